The minimum absolute atomic E-state index is 0.113. The maximum atomic E-state index is 13.6. The summed E-state index contributed by atoms with van der Waals surface area (Å²) in [5.74, 6) is -1.21. The van der Waals surface area contributed by atoms with Gasteiger partial charge in [0.05, 0.1) is 0 Å². The topological polar surface area (TPSA) is 18.5 Å². The summed E-state index contributed by atoms with van der Waals surface area (Å²) in [6, 6.07) is 8.43. The highest BCUT2D eigenvalue weighted by Gasteiger charge is 2.24. The molecule has 2 nitrogen and oxygen atoms in total. The van der Waals surface area contributed by atoms with Crippen LogP contribution in [0, 0.1) is 18.6 Å². The van der Waals surface area contributed by atoms with Crippen LogP contribution in [0.2, 0.25) is 0 Å². The zero-order valence-electron chi connectivity index (χ0n) is 11.3. The average molecular weight is 355 g/mol. The lowest BCUT2D eigenvalue weighted by Gasteiger charge is -2.13. The van der Waals surface area contributed by atoms with E-state index in [0.29, 0.717) is 10.9 Å². The predicted molar refractivity (Wildman–Crippen MR) is 78.9 cm³/mol. The Bertz CT molecular complexity index is 688. The summed E-state index contributed by atoms with van der Waals surface area (Å²) in [6.07, 6.45) is 0.512. The van der Waals surface area contributed by atoms with Crippen LogP contribution in [0.15, 0.2) is 34.8 Å². The summed E-state index contributed by atoms with van der Waals surface area (Å²) in [4.78, 5) is 0. The fourth-order valence-corrected chi connectivity index (χ4v) is 2.77. The van der Waals surface area contributed by atoms with Crippen LogP contribution in [0.1, 0.15) is 11.1 Å². The minimum Gasteiger partial charge on any atom is -0.486 e. The van der Waals surface area contributed by atoms with Crippen LogP contribution in [-0.4, -0.2) is 12.7 Å². The second-order valence-electron chi connectivity index (χ2n) is 5.07. The molecule has 0 amide bonds. The molecule has 0 spiro atoms. The smallest absolute Gasteiger partial charge is 0.200 e. The van der Waals surface area contributed by atoms with Crippen molar-refractivity contribution in [3.8, 4) is 11.5 Å². The van der Waals surface area contributed by atoms with Crippen molar-refractivity contribution in [1.29, 1.82) is 0 Å². The van der Waals surface area contributed by atoms with E-state index < -0.39 is 11.6 Å². The van der Waals surface area contributed by atoms with Crippen molar-refractivity contribution in [3.63, 3.8) is 0 Å². The van der Waals surface area contributed by atoms with E-state index in [1.54, 1.807) is 0 Å². The van der Waals surface area contributed by atoms with Crippen LogP contribution in [0.4, 0.5) is 8.78 Å². The minimum atomic E-state index is -0.982. The molecule has 0 radical (unpaired) electrons. The lowest BCUT2D eigenvalue weighted by Crippen LogP contribution is -2.22. The van der Waals surface area contributed by atoms with Crippen LogP contribution in [0.5, 0.6) is 11.5 Å². The first kappa shape index (κ1) is 14.3. The first-order valence-corrected chi connectivity index (χ1v) is 7.36. The molecule has 1 aliphatic heterocycles. The number of hydrogen-bond acceptors (Lipinski definition) is 2. The number of hydrogen-bond donors (Lipinski definition) is 0. The molecule has 1 heterocycles. The molecule has 0 aliphatic carbocycles. The number of aryl methyl sites for hydroxylation is 1. The second kappa shape index (κ2) is 5.64. The predicted octanol–water partition coefficient (Wildman–Crippen LogP) is 4.42. The van der Waals surface area contributed by atoms with Crippen LogP contribution < -0.4 is 9.47 Å². The van der Waals surface area contributed by atoms with E-state index in [1.807, 2.05) is 19.1 Å². The van der Waals surface area contributed by atoms with E-state index in [0.717, 1.165) is 17.4 Å². The maximum absolute atomic E-state index is 13.6. The summed E-state index contributed by atoms with van der Waals surface area (Å²) in [6.45, 7) is 2.18. The first-order valence-electron chi connectivity index (χ1n) is 6.56. The van der Waals surface area contributed by atoms with Gasteiger partial charge in [-0.3, -0.25) is 0 Å². The fraction of sp³-hybridized carbons (Fsp3) is 0.250. The van der Waals surface area contributed by atoms with E-state index in [2.05, 4.69) is 22.0 Å². The normalized spacial score (nSPS) is 16.5. The fourth-order valence-electron chi connectivity index (χ4n) is 2.36. The molecule has 1 atom stereocenters. The summed E-state index contributed by atoms with van der Waals surface area (Å²) in [5, 5.41) is 0. The Morgan fingerprint density at radius 3 is 2.90 bits per heavy atom. The Kier molecular flexibility index (Phi) is 3.85. The van der Waals surface area contributed by atoms with Gasteiger partial charge in [0.15, 0.2) is 11.6 Å². The number of rotatable bonds is 3. The van der Waals surface area contributed by atoms with E-state index in [9.17, 15) is 8.78 Å². The number of ether oxygens (including phenoxy) is 2. The molecule has 2 aromatic carbocycles. The van der Waals surface area contributed by atoms with Crippen LogP contribution in [0.3, 0.4) is 0 Å². The Morgan fingerprint density at radius 1 is 1.29 bits per heavy atom. The molecule has 5 heteroatoms. The number of fused-ring (bicyclic) bond motifs is 1. The van der Waals surface area contributed by atoms with Gasteiger partial charge in [0, 0.05) is 10.9 Å². The largest absolute Gasteiger partial charge is 0.486 e. The van der Waals surface area contributed by atoms with E-state index in [-0.39, 0.29) is 18.5 Å². The van der Waals surface area contributed by atoms with Crippen LogP contribution >= 0.6 is 15.9 Å². The molecule has 1 aliphatic rings. The Hall–Kier alpha value is -1.62. The van der Waals surface area contributed by atoms with Gasteiger partial charge in [0.2, 0.25) is 5.82 Å². The van der Waals surface area contributed by atoms with Gasteiger partial charge in [0.1, 0.15) is 18.5 Å². The molecule has 2 aromatic rings. The molecule has 3 rings (SSSR count). The summed E-state index contributed by atoms with van der Waals surface area (Å²) in [5.41, 5.74) is 2.28. The molecule has 0 fully saturated rings. The van der Waals surface area contributed by atoms with Crippen LogP contribution in [0.25, 0.3) is 0 Å². The standard InChI is InChI=1S/C16H13BrF2O2/c1-9-2-3-14-10(4-9)5-12(21-14)8-20-15-7-11(17)6-13(18)16(15)19/h2-4,6-7,12H,5,8H2,1H3. The third-order valence-electron chi connectivity index (χ3n) is 3.34. The quantitative estimate of drug-likeness (QED) is 0.759. The molecule has 0 bridgehead atoms. The molecular formula is C16H13BrF2O2. The average Bonchev–Trinajstić information content (AvgIpc) is 2.83. The van der Waals surface area contributed by atoms with Gasteiger partial charge in [-0.05, 0) is 30.7 Å². The van der Waals surface area contributed by atoms with Crippen molar-refractivity contribution in [2.24, 2.45) is 0 Å². The van der Waals surface area contributed by atoms with Gasteiger partial charge >= 0.3 is 0 Å². The number of benzene rings is 2. The van der Waals surface area contributed by atoms with E-state index in [1.165, 1.54) is 11.6 Å². The van der Waals surface area contributed by atoms with E-state index >= 15 is 0 Å². The zero-order valence-corrected chi connectivity index (χ0v) is 12.9. The Morgan fingerprint density at radius 2 is 2.10 bits per heavy atom. The van der Waals surface area contributed by atoms with Gasteiger partial charge in [-0.25, -0.2) is 4.39 Å². The van der Waals surface area contributed by atoms with Crippen molar-refractivity contribution < 1.29 is 18.3 Å². The first-order chi connectivity index (χ1) is 10.0. The van der Waals surface area contributed by atoms with Gasteiger partial charge < -0.3 is 9.47 Å². The van der Waals surface area contributed by atoms with Crippen molar-refractivity contribution in [2.45, 2.75) is 19.4 Å². The monoisotopic (exact) mass is 354 g/mol. The molecule has 110 valence electrons. The van der Waals surface area contributed by atoms with Gasteiger partial charge in [-0.2, -0.15) is 4.39 Å². The third kappa shape index (κ3) is 3.02. The highest BCUT2D eigenvalue weighted by molar-refractivity contribution is 9.10. The third-order valence-corrected chi connectivity index (χ3v) is 3.80. The molecule has 21 heavy (non-hydrogen) atoms. The second-order valence-corrected chi connectivity index (χ2v) is 5.98. The van der Waals surface area contributed by atoms with Gasteiger partial charge in [-0.15, -0.1) is 0 Å². The van der Waals surface area contributed by atoms with Crippen molar-refractivity contribution in [1.82, 2.24) is 0 Å². The summed E-state index contributed by atoms with van der Waals surface area (Å²) >= 11 is 3.11. The number of halogens is 3. The molecule has 0 aromatic heterocycles. The summed E-state index contributed by atoms with van der Waals surface area (Å²) in [7, 11) is 0. The highest BCUT2D eigenvalue weighted by Crippen LogP contribution is 2.31. The van der Waals surface area contributed by atoms with Crippen molar-refractivity contribution in [3.05, 3.63) is 57.6 Å². The summed E-state index contributed by atoms with van der Waals surface area (Å²) < 4.78 is 38.4. The highest BCUT2D eigenvalue weighted by atomic mass is 79.9. The van der Waals surface area contributed by atoms with Crippen molar-refractivity contribution >= 4 is 15.9 Å². The molecule has 1 unspecified atom stereocenters. The SMILES string of the molecule is Cc1ccc2c(c1)CC(COc1cc(Br)cc(F)c1F)O2. The molecule has 0 N–H and O–H groups in total. The van der Waals surface area contributed by atoms with Gasteiger partial charge in [0.25, 0.3) is 0 Å². The van der Waals surface area contributed by atoms with Crippen molar-refractivity contribution in [2.75, 3.05) is 6.61 Å². The molecule has 0 saturated carbocycles. The molecular weight excluding hydrogens is 342 g/mol. The lowest BCUT2D eigenvalue weighted by molar-refractivity contribution is 0.144. The lowest BCUT2D eigenvalue weighted by atomic mass is 10.1. The Labute approximate surface area is 129 Å². The molecule has 0 saturated heterocycles. The zero-order chi connectivity index (χ0) is 15.0. The van der Waals surface area contributed by atoms with E-state index in [4.69, 9.17) is 9.47 Å². The van der Waals surface area contributed by atoms with Gasteiger partial charge in [-0.1, -0.05) is 33.6 Å². The Balaban J connectivity index is 1.68. The maximum Gasteiger partial charge on any atom is 0.200 e. The van der Waals surface area contributed by atoms with Crippen LogP contribution in [-0.2, 0) is 6.42 Å².